The van der Waals surface area contributed by atoms with Crippen molar-refractivity contribution in [2.45, 2.75) is 32.1 Å². The summed E-state index contributed by atoms with van der Waals surface area (Å²) in [7, 11) is 0. The molecule has 1 aliphatic heterocycles. The van der Waals surface area contributed by atoms with Crippen LogP contribution in [0.3, 0.4) is 0 Å². The summed E-state index contributed by atoms with van der Waals surface area (Å²) in [6, 6.07) is 19.7. The zero-order valence-electron chi connectivity index (χ0n) is 23.1. The Balaban J connectivity index is 1.54. The van der Waals surface area contributed by atoms with E-state index in [1.54, 1.807) is 36.1 Å². The molecule has 4 rings (SSSR count). The van der Waals surface area contributed by atoms with Crippen molar-refractivity contribution in [3.8, 4) is 0 Å². The van der Waals surface area contributed by atoms with Gasteiger partial charge in [0.1, 0.15) is 6.04 Å². The van der Waals surface area contributed by atoms with E-state index in [4.69, 9.17) is 0 Å². The van der Waals surface area contributed by atoms with Crippen LogP contribution in [0.5, 0.6) is 0 Å². The van der Waals surface area contributed by atoms with Gasteiger partial charge in [-0.25, -0.2) is 4.79 Å². The van der Waals surface area contributed by atoms with Gasteiger partial charge in [0.05, 0.1) is 5.56 Å². The molecule has 1 heterocycles. The fraction of sp³-hybridized carbons (Fsp3) is 0.281. The van der Waals surface area contributed by atoms with Gasteiger partial charge in [-0.2, -0.15) is 13.2 Å². The van der Waals surface area contributed by atoms with Crippen LogP contribution < -0.4 is 4.90 Å². The molecule has 3 aromatic rings. The summed E-state index contributed by atoms with van der Waals surface area (Å²) in [5, 5.41) is 10.1. The van der Waals surface area contributed by atoms with Crippen LogP contribution in [-0.4, -0.2) is 64.9 Å². The fourth-order valence-corrected chi connectivity index (χ4v) is 4.84. The number of benzene rings is 3. The normalized spacial score (nSPS) is 14.6. The highest BCUT2D eigenvalue weighted by Gasteiger charge is 2.31. The maximum atomic E-state index is 13.4. The molecule has 3 aromatic carbocycles. The highest BCUT2D eigenvalue weighted by molar-refractivity contribution is 5.94. The molecule has 1 saturated heterocycles. The van der Waals surface area contributed by atoms with Gasteiger partial charge in [0.2, 0.25) is 11.8 Å². The second-order valence-corrected chi connectivity index (χ2v) is 10.1. The van der Waals surface area contributed by atoms with Gasteiger partial charge in [-0.3, -0.25) is 9.59 Å². The number of carbonyl (C=O) groups is 3. The number of halogens is 3. The van der Waals surface area contributed by atoms with Crippen LogP contribution in [0, 0.1) is 0 Å². The number of carboxylic acid groups (broad SMARTS) is 1. The lowest BCUT2D eigenvalue weighted by Gasteiger charge is -2.35. The Labute approximate surface area is 242 Å². The summed E-state index contributed by atoms with van der Waals surface area (Å²) in [4.78, 5) is 42.7. The number of anilines is 1. The van der Waals surface area contributed by atoms with Gasteiger partial charge in [-0.05, 0) is 47.0 Å². The van der Waals surface area contributed by atoms with Crippen molar-refractivity contribution in [2.24, 2.45) is 0 Å². The molecule has 0 aliphatic carbocycles. The maximum Gasteiger partial charge on any atom is 0.416 e. The van der Waals surface area contributed by atoms with E-state index in [1.807, 2.05) is 30.3 Å². The molecule has 0 bridgehead atoms. The largest absolute Gasteiger partial charge is 0.480 e. The van der Waals surface area contributed by atoms with Crippen LogP contribution in [0.15, 0.2) is 84.9 Å². The topological polar surface area (TPSA) is 81.2 Å². The van der Waals surface area contributed by atoms with Crippen LogP contribution in [0.25, 0.3) is 6.08 Å². The van der Waals surface area contributed by atoms with E-state index in [1.165, 1.54) is 29.2 Å². The van der Waals surface area contributed by atoms with Crippen LogP contribution >= 0.6 is 0 Å². The van der Waals surface area contributed by atoms with Crippen molar-refractivity contribution in [1.29, 1.82) is 0 Å². The summed E-state index contributed by atoms with van der Waals surface area (Å²) in [6.07, 6.45) is -1.83. The number of hydrogen-bond donors (Lipinski definition) is 1. The molecule has 7 nitrogen and oxygen atoms in total. The molecular weight excluding hydrogens is 547 g/mol. The second-order valence-electron chi connectivity index (χ2n) is 10.1. The molecule has 42 heavy (non-hydrogen) atoms. The Bertz CT molecular complexity index is 1400. The van der Waals surface area contributed by atoms with Gasteiger partial charge < -0.3 is 19.8 Å². The van der Waals surface area contributed by atoms with Gasteiger partial charge in [-0.15, -0.1) is 0 Å². The minimum absolute atomic E-state index is 0.0123. The molecule has 2 amide bonds. The molecule has 0 radical (unpaired) electrons. The average Bonchev–Trinajstić information content (AvgIpc) is 2.98. The number of piperazine rings is 1. The Hall–Kier alpha value is -4.60. The Morgan fingerprint density at radius 3 is 2.05 bits per heavy atom. The molecule has 0 saturated carbocycles. The van der Waals surface area contributed by atoms with Gasteiger partial charge in [0.15, 0.2) is 0 Å². The predicted molar refractivity (Wildman–Crippen MR) is 154 cm³/mol. The first-order chi connectivity index (χ1) is 20.0. The summed E-state index contributed by atoms with van der Waals surface area (Å²) < 4.78 is 38.7. The van der Waals surface area contributed by atoms with Crippen LogP contribution in [0.4, 0.5) is 18.9 Å². The number of rotatable bonds is 9. The molecular formula is C32H32F3N3O4. The van der Waals surface area contributed by atoms with Crippen molar-refractivity contribution in [1.82, 2.24) is 9.80 Å². The van der Waals surface area contributed by atoms with Crippen LogP contribution in [-0.2, 0) is 33.5 Å². The lowest BCUT2D eigenvalue weighted by atomic mass is 10.0. The van der Waals surface area contributed by atoms with E-state index in [-0.39, 0.29) is 18.9 Å². The van der Waals surface area contributed by atoms with Crippen molar-refractivity contribution >= 4 is 29.5 Å². The van der Waals surface area contributed by atoms with Gasteiger partial charge >= 0.3 is 12.1 Å². The third-order valence-electron chi connectivity index (χ3n) is 7.25. The zero-order valence-corrected chi connectivity index (χ0v) is 23.1. The number of carboxylic acids is 1. The zero-order chi connectivity index (χ0) is 30.3. The number of alkyl halides is 3. The smallest absolute Gasteiger partial charge is 0.416 e. The first-order valence-corrected chi connectivity index (χ1v) is 13.5. The van der Waals surface area contributed by atoms with E-state index in [0.717, 1.165) is 28.9 Å². The third-order valence-corrected chi connectivity index (χ3v) is 7.25. The van der Waals surface area contributed by atoms with E-state index >= 15 is 0 Å². The summed E-state index contributed by atoms with van der Waals surface area (Å²) >= 11 is 0. The number of aliphatic carboxylic acids is 1. The van der Waals surface area contributed by atoms with Crippen LogP contribution in [0.2, 0.25) is 0 Å². The van der Waals surface area contributed by atoms with Crippen molar-refractivity contribution < 1.29 is 32.7 Å². The minimum Gasteiger partial charge on any atom is -0.480 e. The number of nitrogens with zero attached hydrogens (tertiary/aromatic N) is 3. The average molecular weight is 580 g/mol. The van der Waals surface area contributed by atoms with Crippen molar-refractivity contribution in [3.63, 3.8) is 0 Å². The molecule has 1 aliphatic rings. The number of amides is 2. The fourth-order valence-electron chi connectivity index (χ4n) is 4.84. The molecule has 1 N–H and O–H groups in total. The maximum absolute atomic E-state index is 13.4. The number of carbonyl (C=O) groups excluding carboxylic acids is 2. The first-order valence-electron chi connectivity index (χ1n) is 13.5. The van der Waals surface area contributed by atoms with Gasteiger partial charge in [0.25, 0.3) is 0 Å². The van der Waals surface area contributed by atoms with Gasteiger partial charge in [0, 0.05) is 57.8 Å². The third kappa shape index (κ3) is 7.99. The first kappa shape index (κ1) is 30.4. The summed E-state index contributed by atoms with van der Waals surface area (Å²) in [5.74, 6) is -1.71. The number of hydrogen-bond acceptors (Lipinski definition) is 4. The van der Waals surface area contributed by atoms with E-state index in [2.05, 4.69) is 4.90 Å². The molecule has 0 aromatic heterocycles. The molecule has 220 valence electrons. The standard InChI is InChI=1S/C32H32F3N3O4/c1-23(39)36-17-19-37(20-18-36)28-14-9-26(10-15-28)22-38(29(31(41)42)21-25-5-3-2-4-6-25)30(40)16-11-24-7-12-27(13-8-24)32(33,34)35/h2-16,29H,17-22H2,1H3,(H,41,42)/b16-11+/t29-/m0/s1. The molecule has 0 unspecified atom stereocenters. The van der Waals surface area contributed by atoms with Crippen molar-refractivity contribution in [2.75, 3.05) is 31.1 Å². The Morgan fingerprint density at radius 2 is 1.50 bits per heavy atom. The molecule has 1 fully saturated rings. The van der Waals surface area contributed by atoms with E-state index in [9.17, 15) is 32.7 Å². The highest BCUT2D eigenvalue weighted by Crippen LogP contribution is 2.29. The highest BCUT2D eigenvalue weighted by atomic mass is 19.4. The SMILES string of the molecule is CC(=O)N1CCN(c2ccc(CN(C(=O)/C=C/c3ccc(C(F)(F)F)cc3)[C@@H](Cc3ccccc3)C(=O)O)cc2)CC1. The molecule has 1 atom stereocenters. The summed E-state index contributed by atoms with van der Waals surface area (Å²) in [5.41, 5.74) is 2.00. The Kier molecular flexibility index (Phi) is 9.67. The summed E-state index contributed by atoms with van der Waals surface area (Å²) in [6.45, 7) is 4.21. The lowest BCUT2D eigenvalue weighted by Crippen LogP contribution is -2.48. The predicted octanol–water partition coefficient (Wildman–Crippen LogP) is 5.11. The lowest BCUT2D eigenvalue weighted by molar-refractivity contribution is -0.148. The molecule has 0 spiro atoms. The molecule has 10 heteroatoms. The van der Waals surface area contributed by atoms with E-state index < -0.39 is 29.7 Å². The van der Waals surface area contributed by atoms with Crippen LogP contribution in [0.1, 0.15) is 29.2 Å². The quantitative estimate of drug-likeness (QED) is 0.357. The monoisotopic (exact) mass is 579 g/mol. The van der Waals surface area contributed by atoms with Crippen molar-refractivity contribution in [3.05, 3.63) is 107 Å². The van der Waals surface area contributed by atoms with E-state index in [0.29, 0.717) is 31.7 Å². The van der Waals surface area contributed by atoms with Gasteiger partial charge in [-0.1, -0.05) is 54.6 Å². The minimum atomic E-state index is -4.47. The second kappa shape index (κ2) is 13.4. The Morgan fingerprint density at radius 1 is 0.881 bits per heavy atom.